The smallest absolute Gasteiger partial charge is 0.103 e. The first-order valence-electron chi connectivity index (χ1n) is 8.23. The topological polar surface area (TPSA) is 50.1 Å². The maximum absolute atomic E-state index is 10.9. The lowest BCUT2D eigenvalue weighted by atomic mass is 9.96. The third kappa shape index (κ3) is 2.90. The zero-order valence-electron chi connectivity index (χ0n) is 13.7. The number of nitrogens with zero attached hydrogens (tertiary/aromatic N) is 2. The number of aliphatic hydroxyl groups is 1. The molecule has 4 rings (SSSR count). The van der Waals surface area contributed by atoms with Crippen LogP contribution in [0.5, 0.6) is 0 Å². The van der Waals surface area contributed by atoms with Crippen LogP contribution >= 0.6 is 11.3 Å². The summed E-state index contributed by atoms with van der Waals surface area (Å²) in [5.41, 5.74) is 2.77. The highest BCUT2D eigenvalue weighted by molar-refractivity contribution is 7.15. The van der Waals surface area contributed by atoms with Crippen LogP contribution in [0.4, 0.5) is 0 Å². The molecular weight excluding hydrogens is 318 g/mol. The molecule has 24 heavy (non-hydrogen) atoms. The lowest BCUT2D eigenvalue weighted by molar-refractivity contribution is 0.0385. The summed E-state index contributed by atoms with van der Waals surface area (Å²) >= 11 is 1.77. The van der Waals surface area contributed by atoms with Gasteiger partial charge in [0, 0.05) is 41.7 Å². The molecule has 1 aromatic carbocycles. The zero-order valence-corrected chi connectivity index (χ0v) is 14.5. The van der Waals surface area contributed by atoms with Gasteiger partial charge in [0.05, 0.1) is 6.20 Å². The molecule has 3 aromatic rings. The minimum Gasteiger partial charge on any atom is -0.384 e. The Hall–Kier alpha value is -1.95. The molecule has 4 nitrogen and oxygen atoms in total. The van der Waals surface area contributed by atoms with Gasteiger partial charge in [-0.1, -0.05) is 24.3 Å². The molecule has 5 heteroatoms. The van der Waals surface area contributed by atoms with Crippen LogP contribution in [0.25, 0.3) is 10.4 Å². The highest BCUT2D eigenvalue weighted by Crippen LogP contribution is 2.36. The van der Waals surface area contributed by atoms with Gasteiger partial charge in [0.15, 0.2) is 0 Å². The van der Waals surface area contributed by atoms with E-state index in [1.54, 1.807) is 11.3 Å². The Bertz CT molecular complexity index is 854. The number of rotatable bonds is 5. The van der Waals surface area contributed by atoms with Crippen LogP contribution in [0.2, 0.25) is 0 Å². The highest BCUT2D eigenvalue weighted by atomic mass is 32.1. The maximum Gasteiger partial charge on any atom is 0.103 e. The number of nitrogens with one attached hydrogen (secondary N) is 1. The molecule has 2 heterocycles. The predicted molar refractivity (Wildman–Crippen MR) is 96.9 cm³/mol. The van der Waals surface area contributed by atoms with Gasteiger partial charge in [-0.3, -0.25) is 4.68 Å². The molecule has 124 valence electrons. The molecule has 0 amide bonds. The van der Waals surface area contributed by atoms with Crippen molar-refractivity contribution in [3.05, 3.63) is 64.8 Å². The van der Waals surface area contributed by atoms with Crippen molar-refractivity contribution in [3.8, 4) is 10.4 Å². The van der Waals surface area contributed by atoms with Gasteiger partial charge >= 0.3 is 0 Å². The van der Waals surface area contributed by atoms with E-state index in [9.17, 15) is 5.11 Å². The fourth-order valence-corrected chi connectivity index (χ4v) is 4.37. The summed E-state index contributed by atoms with van der Waals surface area (Å²) in [7, 11) is 1.93. The molecule has 1 atom stereocenters. The Morgan fingerprint density at radius 1 is 1.29 bits per heavy atom. The quantitative estimate of drug-likeness (QED) is 0.751. The van der Waals surface area contributed by atoms with Gasteiger partial charge in [-0.15, -0.1) is 11.3 Å². The standard InChI is InChI=1S/C19H21N3OS/c1-22-12-15(10-21-22)18-7-6-16(24-18)11-20-13-19(23)9-8-14-4-2-3-5-17(14)19/h2-7,10,12,20,23H,8-9,11,13H2,1H3. The fourth-order valence-electron chi connectivity index (χ4n) is 3.42. The SMILES string of the molecule is Cn1cc(-c2ccc(CNCC3(O)CCc4ccccc43)s2)cn1. The van der Waals surface area contributed by atoms with E-state index in [0.29, 0.717) is 6.54 Å². The number of hydrogen-bond acceptors (Lipinski definition) is 4. The first kappa shape index (κ1) is 15.6. The molecule has 0 fully saturated rings. The van der Waals surface area contributed by atoms with Crippen LogP contribution in [-0.4, -0.2) is 21.4 Å². The van der Waals surface area contributed by atoms with Gasteiger partial charge in [0.1, 0.15) is 5.60 Å². The fraction of sp³-hybridized carbons (Fsp3) is 0.316. The largest absolute Gasteiger partial charge is 0.384 e. The molecule has 1 aliphatic rings. The monoisotopic (exact) mass is 339 g/mol. The van der Waals surface area contributed by atoms with E-state index in [1.165, 1.54) is 15.3 Å². The number of aromatic nitrogens is 2. The van der Waals surface area contributed by atoms with Crippen molar-refractivity contribution in [1.82, 2.24) is 15.1 Å². The Morgan fingerprint density at radius 3 is 3.00 bits per heavy atom. The Morgan fingerprint density at radius 2 is 2.17 bits per heavy atom. The summed E-state index contributed by atoms with van der Waals surface area (Å²) in [5, 5.41) is 18.6. The van der Waals surface area contributed by atoms with Gasteiger partial charge in [-0.05, 0) is 36.1 Å². The van der Waals surface area contributed by atoms with Gasteiger partial charge in [0.25, 0.3) is 0 Å². The molecular formula is C19H21N3OS. The van der Waals surface area contributed by atoms with E-state index >= 15 is 0 Å². The number of fused-ring (bicyclic) bond motifs is 1. The first-order chi connectivity index (χ1) is 11.6. The molecule has 0 aliphatic heterocycles. The van der Waals surface area contributed by atoms with E-state index in [1.807, 2.05) is 36.3 Å². The summed E-state index contributed by atoms with van der Waals surface area (Å²) in [6.45, 7) is 1.36. The Kier molecular flexibility index (Phi) is 4.00. The van der Waals surface area contributed by atoms with Crippen LogP contribution in [0.15, 0.2) is 48.8 Å². The second-order valence-corrected chi connectivity index (χ2v) is 7.63. The first-order valence-corrected chi connectivity index (χ1v) is 9.05. The number of aryl methyl sites for hydroxylation is 2. The third-order valence-corrected chi connectivity index (χ3v) is 5.83. The van der Waals surface area contributed by atoms with Crippen molar-refractivity contribution in [1.29, 1.82) is 0 Å². The number of thiophene rings is 1. The van der Waals surface area contributed by atoms with Crippen LogP contribution in [0.3, 0.4) is 0 Å². The molecule has 0 saturated carbocycles. The van der Waals surface area contributed by atoms with Gasteiger partial charge < -0.3 is 10.4 Å². The van der Waals surface area contributed by atoms with Crippen molar-refractivity contribution in [2.45, 2.75) is 25.0 Å². The summed E-state index contributed by atoms with van der Waals surface area (Å²) in [5.74, 6) is 0. The maximum atomic E-state index is 10.9. The summed E-state index contributed by atoms with van der Waals surface area (Å²) in [4.78, 5) is 2.49. The summed E-state index contributed by atoms with van der Waals surface area (Å²) < 4.78 is 1.82. The van der Waals surface area contributed by atoms with E-state index in [0.717, 1.165) is 30.5 Å². The highest BCUT2D eigenvalue weighted by Gasteiger charge is 2.35. The average Bonchev–Trinajstić information content (AvgIpc) is 3.28. The molecule has 2 aromatic heterocycles. The second kappa shape index (κ2) is 6.16. The Labute approximate surface area is 145 Å². The normalized spacial score (nSPS) is 19.6. The van der Waals surface area contributed by atoms with E-state index < -0.39 is 5.60 Å². The molecule has 0 saturated heterocycles. The lowest BCUT2D eigenvalue weighted by Crippen LogP contribution is -2.35. The third-order valence-electron chi connectivity index (χ3n) is 4.69. The molecule has 0 radical (unpaired) electrons. The molecule has 1 aliphatic carbocycles. The van der Waals surface area contributed by atoms with Crippen LogP contribution in [-0.2, 0) is 25.6 Å². The van der Waals surface area contributed by atoms with Crippen LogP contribution in [0.1, 0.15) is 22.4 Å². The van der Waals surface area contributed by atoms with Crippen molar-refractivity contribution < 1.29 is 5.11 Å². The van der Waals surface area contributed by atoms with E-state index in [4.69, 9.17) is 0 Å². The van der Waals surface area contributed by atoms with Gasteiger partial charge in [-0.25, -0.2) is 0 Å². The summed E-state index contributed by atoms with van der Waals surface area (Å²) in [6.07, 6.45) is 5.67. The molecule has 2 N–H and O–H groups in total. The minimum absolute atomic E-state index is 0.587. The van der Waals surface area contributed by atoms with Crippen molar-refractivity contribution >= 4 is 11.3 Å². The van der Waals surface area contributed by atoms with Crippen LogP contribution in [0, 0.1) is 0 Å². The van der Waals surface area contributed by atoms with Gasteiger partial charge in [0.2, 0.25) is 0 Å². The van der Waals surface area contributed by atoms with Crippen molar-refractivity contribution in [3.63, 3.8) is 0 Å². The zero-order chi connectivity index (χ0) is 16.6. The van der Waals surface area contributed by atoms with E-state index in [-0.39, 0.29) is 0 Å². The van der Waals surface area contributed by atoms with Gasteiger partial charge in [-0.2, -0.15) is 5.10 Å². The lowest BCUT2D eigenvalue weighted by Gasteiger charge is -2.24. The van der Waals surface area contributed by atoms with Crippen molar-refractivity contribution in [2.24, 2.45) is 7.05 Å². The molecule has 1 unspecified atom stereocenters. The summed E-state index contributed by atoms with van der Waals surface area (Å²) in [6, 6.07) is 12.5. The van der Waals surface area contributed by atoms with E-state index in [2.05, 4.69) is 34.7 Å². The second-order valence-electron chi connectivity index (χ2n) is 6.46. The molecule has 0 spiro atoms. The molecule has 0 bridgehead atoms. The number of hydrogen-bond donors (Lipinski definition) is 2. The Balaban J connectivity index is 1.39. The average molecular weight is 339 g/mol. The predicted octanol–water partition coefficient (Wildman–Crippen LogP) is 3.07. The minimum atomic E-state index is -0.736. The number of benzene rings is 1. The van der Waals surface area contributed by atoms with Crippen molar-refractivity contribution in [2.75, 3.05) is 6.54 Å². The van der Waals surface area contributed by atoms with Crippen LogP contribution < -0.4 is 5.32 Å².